The Morgan fingerprint density at radius 2 is 1.92 bits per heavy atom. The van der Waals surface area contributed by atoms with Gasteiger partial charge in [-0.3, -0.25) is 0 Å². The molecule has 0 atom stereocenters. The maximum Gasteiger partial charge on any atom is 0.354 e. The molecule has 1 aliphatic rings. The number of esters is 1. The van der Waals surface area contributed by atoms with Gasteiger partial charge in [-0.25, -0.2) is 4.79 Å². The number of hydrogen-bond acceptors (Lipinski definition) is 4. The highest BCUT2D eigenvalue weighted by atomic mass is 35.5. The maximum absolute atomic E-state index is 11.4. The topological polar surface area (TPSA) is 66.2 Å². The number of ether oxygens (including phenoxy) is 1. The first-order valence-corrected chi connectivity index (χ1v) is 7.76. The molecule has 0 fully saturated rings. The summed E-state index contributed by atoms with van der Waals surface area (Å²) >= 11 is 0. The molecule has 0 radical (unpaired) electrons. The van der Waals surface area contributed by atoms with Crippen molar-refractivity contribution in [1.82, 2.24) is 10.3 Å². The van der Waals surface area contributed by atoms with E-state index in [1.807, 2.05) is 6.07 Å². The van der Waals surface area contributed by atoms with Crippen LogP contribution in [0.15, 0.2) is 42.5 Å². The van der Waals surface area contributed by atoms with Crippen LogP contribution < -0.4 is 10.6 Å². The minimum Gasteiger partial charge on any atom is -0.464 e. The van der Waals surface area contributed by atoms with Gasteiger partial charge in [0.05, 0.1) is 13.7 Å². The number of carbonyl (C=O) groups excluding carboxylic acids is 1. The molecule has 0 saturated heterocycles. The van der Waals surface area contributed by atoms with Gasteiger partial charge < -0.3 is 20.4 Å². The Morgan fingerprint density at radius 1 is 1.16 bits per heavy atom. The van der Waals surface area contributed by atoms with Gasteiger partial charge in [0, 0.05) is 17.9 Å². The van der Waals surface area contributed by atoms with Crippen LogP contribution in [0.5, 0.6) is 0 Å². The van der Waals surface area contributed by atoms with Gasteiger partial charge >= 0.3 is 5.97 Å². The van der Waals surface area contributed by atoms with Gasteiger partial charge in [-0.05, 0) is 48.4 Å². The smallest absolute Gasteiger partial charge is 0.354 e. The molecule has 0 amide bonds. The number of aromatic amines is 1. The molecule has 2 heterocycles. The van der Waals surface area contributed by atoms with E-state index in [2.05, 4.69) is 50.7 Å². The number of benzene rings is 1. The zero-order valence-corrected chi connectivity index (χ0v) is 15.6. The van der Waals surface area contributed by atoms with Crippen LogP contribution in [0.1, 0.15) is 28.2 Å². The standard InChI is InChI=1S/C18H21N3O2.2ClH/c1-23-18(22)17-7-6-16(21-17)12-20-15-4-2-13(3-5-15)14-8-10-19-11-9-14;;/h2-8,19-21H,9-12H2,1H3;2*1H. The van der Waals surface area contributed by atoms with Crippen molar-refractivity contribution < 1.29 is 9.53 Å². The highest BCUT2D eigenvalue weighted by molar-refractivity contribution is 5.87. The fourth-order valence-corrected chi connectivity index (χ4v) is 2.66. The fraction of sp³-hybridized carbons (Fsp3) is 0.278. The van der Waals surface area contributed by atoms with Gasteiger partial charge in [-0.15, -0.1) is 24.8 Å². The third-order valence-electron chi connectivity index (χ3n) is 3.95. The number of rotatable bonds is 5. The average Bonchev–Trinajstić information content (AvgIpc) is 3.09. The Labute approximate surface area is 160 Å². The van der Waals surface area contributed by atoms with E-state index >= 15 is 0 Å². The number of nitrogens with one attached hydrogen (secondary N) is 3. The van der Waals surface area contributed by atoms with Crippen LogP contribution in [-0.4, -0.2) is 31.2 Å². The summed E-state index contributed by atoms with van der Waals surface area (Å²) in [5.41, 5.74) is 5.15. The first-order chi connectivity index (χ1) is 11.3. The molecule has 25 heavy (non-hydrogen) atoms. The highest BCUT2D eigenvalue weighted by Gasteiger charge is 2.08. The number of aromatic nitrogens is 1. The maximum atomic E-state index is 11.4. The molecule has 136 valence electrons. The second-order valence-corrected chi connectivity index (χ2v) is 5.50. The Bertz CT molecular complexity index is 711. The van der Waals surface area contributed by atoms with Crippen molar-refractivity contribution >= 4 is 42.0 Å². The number of anilines is 1. The molecule has 1 aromatic heterocycles. The minimum atomic E-state index is -0.351. The Morgan fingerprint density at radius 3 is 2.56 bits per heavy atom. The summed E-state index contributed by atoms with van der Waals surface area (Å²) in [7, 11) is 1.38. The van der Waals surface area contributed by atoms with E-state index in [0.29, 0.717) is 12.2 Å². The zero-order chi connectivity index (χ0) is 16.1. The van der Waals surface area contributed by atoms with Crippen LogP contribution in [0, 0.1) is 0 Å². The van der Waals surface area contributed by atoms with E-state index in [1.54, 1.807) is 6.07 Å². The van der Waals surface area contributed by atoms with Crippen molar-refractivity contribution in [3.8, 4) is 0 Å². The quantitative estimate of drug-likeness (QED) is 0.689. The summed E-state index contributed by atoms with van der Waals surface area (Å²) in [5.74, 6) is -0.351. The lowest BCUT2D eigenvalue weighted by molar-refractivity contribution is 0.0594. The summed E-state index contributed by atoms with van der Waals surface area (Å²) in [6.45, 7) is 2.62. The molecular formula is C18H23Cl2N3O2. The van der Waals surface area contributed by atoms with Gasteiger partial charge in [0.25, 0.3) is 0 Å². The predicted octanol–water partition coefficient (Wildman–Crippen LogP) is 3.63. The second-order valence-electron chi connectivity index (χ2n) is 5.50. The van der Waals surface area contributed by atoms with E-state index in [0.717, 1.165) is 30.9 Å². The third-order valence-corrected chi connectivity index (χ3v) is 3.95. The van der Waals surface area contributed by atoms with Crippen LogP contribution in [0.25, 0.3) is 5.57 Å². The summed E-state index contributed by atoms with van der Waals surface area (Å²) in [5, 5.41) is 6.67. The number of halogens is 2. The molecule has 0 unspecified atom stereocenters. The average molecular weight is 384 g/mol. The molecule has 1 aromatic carbocycles. The highest BCUT2D eigenvalue weighted by Crippen LogP contribution is 2.21. The normalized spacial score (nSPS) is 13.1. The number of carbonyl (C=O) groups is 1. The van der Waals surface area contributed by atoms with E-state index in [-0.39, 0.29) is 30.8 Å². The molecular weight excluding hydrogens is 361 g/mol. The van der Waals surface area contributed by atoms with Gasteiger partial charge in [0.15, 0.2) is 0 Å². The van der Waals surface area contributed by atoms with Crippen molar-refractivity contribution in [1.29, 1.82) is 0 Å². The van der Waals surface area contributed by atoms with Crippen LogP contribution in [0.3, 0.4) is 0 Å². The fourth-order valence-electron chi connectivity index (χ4n) is 2.66. The van der Waals surface area contributed by atoms with Gasteiger partial charge in [-0.2, -0.15) is 0 Å². The SMILES string of the molecule is COC(=O)c1ccc(CNc2ccc(C3=CCNCC3)cc2)[nH]1.Cl.Cl. The first kappa shape index (κ1) is 21.1. The lowest BCUT2D eigenvalue weighted by Crippen LogP contribution is -2.19. The predicted molar refractivity (Wildman–Crippen MR) is 106 cm³/mol. The van der Waals surface area contributed by atoms with Crippen molar-refractivity contribution in [2.75, 3.05) is 25.5 Å². The molecule has 0 bridgehead atoms. The second kappa shape index (κ2) is 10.1. The van der Waals surface area contributed by atoms with Crippen molar-refractivity contribution in [3.05, 3.63) is 59.4 Å². The Hall–Kier alpha value is -1.95. The Balaban J connectivity index is 0.00000156. The van der Waals surface area contributed by atoms with Crippen molar-refractivity contribution in [3.63, 3.8) is 0 Å². The summed E-state index contributed by atoms with van der Waals surface area (Å²) in [4.78, 5) is 14.4. The van der Waals surface area contributed by atoms with E-state index in [1.165, 1.54) is 18.2 Å². The zero-order valence-electron chi connectivity index (χ0n) is 14.0. The van der Waals surface area contributed by atoms with Crippen LogP contribution >= 0.6 is 24.8 Å². The minimum absolute atomic E-state index is 0. The van der Waals surface area contributed by atoms with Crippen molar-refractivity contribution in [2.24, 2.45) is 0 Å². The van der Waals surface area contributed by atoms with Crippen LogP contribution in [0.2, 0.25) is 0 Å². The molecule has 1 aliphatic heterocycles. The molecule has 3 rings (SSSR count). The molecule has 0 aliphatic carbocycles. The molecule has 5 nitrogen and oxygen atoms in total. The Kier molecular flexibility index (Phi) is 8.55. The van der Waals surface area contributed by atoms with Crippen LogP contribution in [0.4, 0.5) is 5.69 Å². The number of H-pyrrole nitrogens is 1. The lowest BCUT2D eigenvalue weighted by atomic mass is 10.0. The summed E-state index contributed by atoms with van der Waals surface area (Å²) < 4.78 is 4.68. The van der Waals surface area contributed by atoms with E-state index < -0.39 is 0 Å². The monoisotopic (exact) mass is 383 g/mol. The van der Waals surface area contributed by atoms with E-state index in [4.69, 9.17) is 0 Å². The van der Waals surface area contributed by atoms with Gasteiger partial charge in [0.2, 0.25) is 0 Å². The molecule has 7 heteroatoms. The van der Waals surface area contributed by atoms with Crippen molar-refractivity contribution in [2.45, 2.75) is 13.0 Å². The summed E-state index contributed by atoms with van der Waals surface area (Å²) in [6, 6.07) is 12.1. The third kappa shape index (κ3) is 5.53. The first-order valence-electron chi connectivity index (χ1n) is 7.76. The van der Waals surface area contributed by atoms with Gasteiger partial charge in [0.1, 0.15) is 5.69 Å². The molecule has 0 saturated carbocycles. The lowest BCUT2D eigenvalue weighted by Gasteiger charge is -2.14. The number of methoxy groups -OCH3 is 1. The largest absolute Gasteiger partial charge is 0.464 e. The van der Waals surface area contributed by atoms with Crippen LogP contribution in [-0.2, 0) is 11.3 Å². The molecule has 0 spiro atoms. The molecule has 3 N–H and O–H groups in total. The molecule has 2 aromatic rings. The van der Waals surface area contributed by atoms with Gasteiger partial charge in [-0.1, -0.05) is 18.2 Å². The number of hydrogen-bond donors (Lipinski definition) is 3. The summed E-state index contributed by atoms with van der Waals surface area (Å²) in [6.07, 6.45) is 3.32. The van der Waals surface area contributed by atoms with E-state index in [9.17, 15) is 4.79 Å².